The Kier molecular flexibility index (Phi) is 3.01. The molecule has 2 atom stereocenters. The number of rotatable bonds is 3. The third-order valence-electron chi connectivity index (χ3n) is 3.71. The number of likely N-dealkylation sites (tertiary alicyclic amines) is 1. The molecule has 3 rings (SSSR count). The number of aromatic carboxylic acids is 1. The maximum Gasteiger partial charge on any atom is 0.358 e. The van der Waals surface area contributed by atoms with Gasteiger partial charge in [0.05, 0.1) is 18.2 Å². The summed E-state index contributed by atoms with van der Waals surface area (Å²) >= 11 is 0. The number of carbonyl (C=O) groups is 2. The summed E-state index contributed by atoms with van der Waals surface area (Å²) in [5.41, 5.74) is 5.65. The number of aromatic nitrogens is 3. The van der Waals surface area contributed by atoms with E-state index in [2.05, 4.69) is 10.3 Å². The summed E-state index contributed by atoms with van der Waals surface area (Å²) in [6.45, 7) is 1.06. The maximum atomic E-state index is 12.1. The van der Waals surface area contributed by atoms with Crippen molar-refractivity contribution in [3.63, 3.8) is 0 Å². The van der Waals surface area contributed by atoms with Crippen molar-refractivity contribution in [2.45, 2.75) is 18.5 Å². The van der Waals surface area contributed by atoms with Gasteiger partial charge in [-0.15, -0.1) is 5.10 Å². The first-order chi connectivity index (χ1) is 9.54. The van der Waals surface area contributed by atoms with Crippen LogP contribution in [0.3, 0.4) is 0 Å². The van der Waals surface area contributed by atoms with E-state index in [1.54, 1.807) is 4.90 Å². The molecule has 2 heterocycles. The van der Waals surface area contributed by atoms with Gasteiger partial charge < -0.3 is 15.7 Å². The van der Waals surface area contributed by atoms with Crippen molar-refractivity contribution >= 4 is 11.9 Å². The van der Waals surface area contributed by atoms with Gasteiger partial charge in [0.2, 0.25) is 5.91 Å². The number of nitrogens with zero attached hydrogens (tertiary/aromatic N) is 4. The van der Waals surface area contributed by atoms with Crippen LogP contribution in [0.15, 0.2) is 18.3 Å². The minimum absolute atomic E-state index is 0.00129. The Morgan fingerprint density at radius 3 is 2.65 bits per heavy atom. The van der Waals surface area contributed by atoms with E-state index in [9.17, 15) is 9.59 Å². The largest absolute Gasteiger partial charge is 0.476 e. The van der Waals surface area contributed by atoms with E-state index in [1.807, 2.05) is 12.2 Å². The van der Waals surface area contributed by atoms with Crippen LogP contribution >= 0.6 is 0 Å². The molecule has 0 spiro atoms. The molecule has 1 aliphatic heterocycles. The quantitative estimate of drug-likeness (QED) is 0.703. The van der Waals surface area contributed by atoms with Crippen LogP contribution in [0.5, 0.6) is 0 Å². The summed E-state index contributed by atoms with van der Waals surface area (Å²) in [5, 5.41) is 16.1. The average Bonchev–Trinajstić information content (AvgIpc) is 2.96. The topological polar surface area (TPSA) is 114 Å². The Bertz CT molecular complexity index is 575. The van der Waals surface area contributed by atoms with Gasteiger partial charge in [-0.2, -0.15) is 0 Å². The second-order valence-electron chi connectivity index (χ2n) is 5.18. The summed E-state index contributed by atoms with van der Waals surface area (Å²) in [6, 6.07) is -0.0342. The van der Waals surface area contributed by atoms with Gasteiger partial charge in [-0.3, -0.25) is 4.79 Å². The molecule has 1 aromatic heterocycles. The summed E-state index contributed by atoms with van der Waals surface area (Å²) in [5.74, 6) is -1.16. The first-order valence-electron chi connectivity index (χ1n) is 6.42. The van der Waals surface area contributed by atoms with Crippen molar-refractivity contribution in [1.29, 1.82) is 0 Å². The number of carboxylic acid groups (broad SMARTS) is 1. The van der Waals surface area contributed by atoms with Crippen molar-refractivity contribution in [2.75, 3.05) is 13.1 Å². The zero-order valence-electron chi connectivity index (χ0n) is 10.7. The molecule has 8 nitrogen and oxygen atoms in total. The van der Waals surface area contributed by atoms with E-state index < -0.39 is 5.97 Å². The fourth-order valence-electron chi connectivity index (χ4n) is 2.50. The zero-order chi connectivity index (χ0) is 14.3. The van der Waals surface area contributed by atoms with Crippen LogP contribution in [0.1, 0.15) is 23.0 Å². The fraction of sp³-hybridized carbons (Fsp3) is 0.500. The van der Waals surface area contributed by atoms with E-state index in [1.165, 1.54) is 10.9 Å². The Morgan fingerprint density at radius 1 is 1.35 bits per heavy atom. The minimum Gasteiger partial charge on any atom is -0.476 e. The highest BCUT2D eigenvalue weighted by Crippen LogP contribution is 2.26. The number of amides is 1. The molecule has 1 saturated heterocycles. The summed E-state index contributed by atoms with van der Waals surface area (Å²) in [4.78, 5) is 24.6. The predicted molar refractivity (Wildman–Crippen MR) is 67.8 cm³/mol. The van der Waals surface area contributed by atoms with Gasteiger partial charge in [-0.05, 0) is 6.42 Å². The van der Waals surface area contributed by atoms with E-state index >= 15 is 0 Å². The van der Waals surface area contributed by atoms with Crippen molar-refractivity contribution in [3.05, 3.63) is 24.0 Å². The van der Waals surface area contributed by atoms with Crippen LogP contribution in [0.2, 0.25) is 0 Å². The molecule has 1 aromatic rings. The monoisotopic (exact) mass is 277 g/mol. The average molecular weight is 277 g/mol. The van der Waals surface area contributed by atoms with Crippen LogP contribution in [0.25, 0.3) is 0 Å². The van der Waals surface area contributed by atoms with Crippen molar-refractivity contribution < 1.29 is 14.7 Å². The molecule has 0 bridgehead atoms. The van der Waals surface area contributed by atoms with Gasteiger partial charge in [0.1, 0.15) is 0 Å². The SMILES string of the molecule is NC1C=CC(C(=O)N2CC(n3cc(C(=O)O)nn3)C2)C1. The maximum absolute atomic E-state index is 12.1. The molecule has 2 unspecified atom stereocenters. The van der Waals surface area contributed by atoms with Crippen LogP contribution in [-0.2, 0) is 4.79 Å². The second-order valence-corrected chi connectivity index (χ2v) is 5.18. The number of hydrogen-bond donors (Lipinski definition) is 2. The molecule has 3 N–H and O–H groups in total. The third kappa shape index (κ3) is 2.18. The number of carboxylic acids is 1. The molecule has 0 aromatic carbocycles. The fourth-order valence-corrected chi connectivity index (χ4v) is 2.50. The Balaban J connectivity index is 1.57. The highest BCUT2D eigenvalue weighted by Gasteiger charge is 2.36. The molecule has 106 valence electrons. The second kappa shape index (κ2) is 4.71. The molecule has 2 aliphatic rings. The lowest BCUT2D eigenvalue weighted by atomic mass is 10.0. The van der Waals surface area contributed by atoms with Crippen LogP contribution < -0.4 is 5.73 Å². The molecule has 8 heteroatoms. The molecular formula is C12H15N5O3. The molecular weight excluding hydrogens is 262 g/mol. The highest BCUT2D eigenvalue weighted by molar-refractivity contribution is 5.84. The standard InChI is InChI=1S/C12H15N5O3/c13-8-2-1-7(3-8)11(18)16-4-9(5-16)17-6-10(12(19)20)14-15-17/h1-2,6-9H,3-5,13H2,(H,19,20). The Morgan fingerprint density at radius 2 is 2.10 bits per heavy atom. The lowest BCUT2D eigenvalue weighted by Gasteiger charge is -2.40. The molecule has 1 amide bonds. The number of carbonyl (C=O) groups excluding carboxylic acids is 1. The first-order valence-corrected chi connectivity index (χ1v) is 6.42. The molecule has 1 fully saturated rings. The third-order valence-corrected chi connectivity index (χ3v) is 3.71. The highest BCUT2D eigenvalue weighted by atomic mass is 16.4. The van der Waals surface area contributed by atoms with Gasteiger partial charge in [-0.1, -0.05) is 17.4 Å². The van der Waals surface area contributed by atoms with E-state index in [0.717, 1.165) is 0 Å². The van der Waals surface area contributed by atoms with Crippen molar-refractivity contribution in [3.8, 4) is 0 Å². The molecule has 0 radical (unpaired) electrons. The van der Waals surface area contributed by atoms with E-state index in [-0.39, 0.29) is 29.6 Å². The van der Waals surface area contributed by atoms with Gasteiger partial charge in [0.15, 0.2) is 5.69 Å². The van der Waals surface area contributed by atoms with Gasteiger partial charge in [-0.25, -0.2) is 9.48 Å². The smallest absolute Gasteiger partial charge is 0.358 e. The zero-order valence-corrected chi connectivity index (χ0v) is 10.7. The minimum atomic E-state index is -1.10. The summed E-state index contributed by atoms with van der Waals surface area (Å²) < 4.78 is 1.50. The summed E-state index contributed by atoms with van der Waals surface area (Å²) in [7, 11) is 0. The van der Waals surface area contributed by atoms with Crippen molar-refractivity contribution in [2.24, 2.45) is 11.7 Å². The normalized spacial score (nSPS) is 25.8. The summed E-state index contributed by atoms with van der Waals surface area (Å²) in [6.07, 6.45) is 5.77. The van der Waals surface area contributed by atoms with Crippen LogP contribution in [-0.4, -0.2) is 56.0 Å². The lowest BCUT2D eigenvalue weighted by molar-refractivity contribution is -0.140. The van der Waals surface area contributed by atoms with Gasteiger partial charge in [0, 0.05) is 19.1 Å². The predicted octanol–water partition coefficient (Wildman–Crippen LogP) is -0.737. The lowest BCUT2D eigenvalue weighted by Crippen LogP contribution is -2.52. The van der Waals surface area contributed by atoms with Crippen molar-refractivity contribution in [1.82, 2.24) is 19.9 Å². The Hall–Kier alpha value is -2.22. The number of hydrogen-bond acceptors (Lipinski definition) is 5. The van der Waals surface area contributed by atoms with Crippen LogP contribution in [0, 0.1) is 5.92 Å². The Labute approximate surface area is 114 Å². The van der Waals surface area contributed by atoms with Gasteiger partial charge >= 0.3 is 5.97 Å². The van der Waals surface area contributed by atoms with Crippen LogP contribution in [0.4, 0.5) is 0 Å². The van der Waals surface area contributed by atoms with Gasteiger partial charge in [0.25, 0.3) is 0 Å². The van der Waals surface area contributed by atoms with E-state index in [0.29, 0.717) is 19.5 Å². The molecule has 0 saturated carbocycles. The first kappa shape index (κ1) is 12.8. The number of nitrogens with two attached hydrogens (primary N) is 1. The molecule has 20 heavy (non-hydrogen) atoms. The van der Waals surface area contributed by atoms with E-state index in [4.69, 9.17) is 10.8 Å². The molecule has 1 aliphatic carbocycles.